The van der Waals surface area contributed by atoms with E-state index in [9.17, 15) is 29.3 Å². The van der Waals surface area contributed by atoms with Crippen LogP contribution in [0.2, 0.25) is 0 Å². The number of fused-ring (bicyclic) bond motifs is 1. The number of nitrogens with zero attached hydrogens (tertiary/aromatic N) is 4. The van der Waals surface area contributed by atoms with Gasteiger partial charge in [0.2, 0.25) is 5.91 Å². The molecule has 1 aromatic carbocycles. The minimum Gasteiger partial charge on any atom is -0.396 e. The van der Waals surface area contributed by atoms with Gasteiger partial charge in [0.25, 0.3) is 0 Å². The van der Waals surface area contributed by atoms with Crippen molar-refractivity contribution < 1.29 is 29.3 Å². The lowest BCUT2D eigenvalue weighted by Gasteiger charge is -2.49. The summed E-state index contributed by atoms with van der Waals surface area (Å²) < 4.78 is 73.4. The molecule has 2 fully saturated rings. The summed E-state index contributed by atoms with van der Waals surface area (Å²) in [5, 5.41) is 12.5. The van der Waals surface area contributed by atoms with E-state index < -0.39 is 27.2 Å². The van der Waals surface area contributed by atoms with Crippen molar-refractivity contribution in [1.82, 2.24) is 9.78 Å². The average molecular weight is 562 g/mol. The van der Waals surface area contributed by atoms with E-state index in [4.69, 9.17) is 10.8 Å². The van der Waals surface area contributed by atoms with Crippen molar-refractivity contribution in [1.29, 1.82) is 0 Å². The van der Waals surface area contributed by atoms with E-state index in [0.29, 0.717) is 40.7 Å². The fraction of sp³-hybridized carbons (Fsp3) is 0.520. The second-order valence-electron chi connectivity index (χ2n) is 10.5. The fourth-order valence-corrected chi connectivity index (χ4v) is 6.70. The van der Waals surface area contributed by atoms with Crippen LogP contribution in [0, 0.1) is 5.92 Å². The molecule has 38 heavy (non-hydrogen) atoms. The molecule has 3 aliphatic rings. The Morgan fingerprint density at radius 1 is 1.03 bits per heavy atom. The van der Waals surface area contributed by atoms with Gasteiger partial charge in [-0.05, 0) is 69.1 Å². The molecule has 2 aromatic rings. The maximum absolute atomic E-state index is 14.3. The van der Waals surface area contributed by atoms with Crippen molar-refractivity contribution in [3.8, 4) is 0 Å². The number of aliphatic hydroxyl groups is 1. The fourth-order valence-electron chi connectivity index (χ4n) is 5.78. The molecule has 3 N–H and O–H groups in total. The molecule has 1 saturated carbocycles. The first-order valence-corrected chi connectivity index (χ1v) is 14.8. The van der Waals surface area contributed by atoms with Crippen LogP contribution >= 0.6 is 10.2 Å². The number of aromatic nitrogens is 2. The van der Waals surface area contributed by atoms with Crippen LogP contribution in [0.15, 0.2) is 41.6 Å². The van der Waals surface area contributed by atoms with E-state index in [-0.39, 0.29) is 24.3 Å². The highest BCUT2D eigenvalue weighted by atomic mass is 32.5. The maximum Gasteiger partial charge on any atom is 0.324 e. The molecular formula is C25H32F5N5O2S. The van der Waals surface area contributed by atoms with Crippen molar-refractivity contribution in [2.24, 2.45) is 11.7 Å². The Hall–Kier alpha value is -2.80. The summed E-state index contributed by atoms with van der Waals surface area (Å²) in [5.41, 5.74) is 6.12. The molecule has 1 atom stereocenters. The number of piperidine rings is 1. The predicted octanol–water partition coefficient (Wildman–Crippen LogP) is 6.12. The summed E-state index contributed by atoms with van der Waals surface area (Å²) in [5.74, 6) is -0.932. The third-order valence-corrected chi connectivity index (χ3v) is 8.88. The first-order valence-electron chi connectivity index (χ1n) is 12.8. The SMILES string of the molecule is NC(=O)C1C=CC=C(S(F)(F)(F)(F)F)N1c1cc2cn(C3CCC(CO)CC3)nc2cc1N1CCCCC1. The van der Waals surface area contributed by atoms with Crippen LogP contribution in [-0.2, 0) is 4.79 Å². The van der Waals surface area contributed by atoms with Gasteiger partial charge in [-0.15, -0.1) is 0 Å². The summed E-state index contributed by atoms with van der Waals surface area (Å²) >= 11 is 0. The largest absolute Gasteiger partial charge is 0.396 e. The number of anilines is 2. The van der Waals surface area contributed by atoms with E-state index in [1.54, 1.807) is 16.9 Å². The molecule has 1 saturated heterocycles. The Labute approximate surface area is 217 Å². The third kappa shape index (κ3) is 5.22. The van der Waals surface area contributed by atoms with Crippen LogP contribution in [0.25, 0.3) is 10.9 Å². The van der Waals surface area contributed by atoms with E-state index in [2.05, 4.69) is 0 Å². The van der Waals surface area contributed by atoms with E-state index in [1.165, 1.54) is 6.07 Å². The summed E-state index contributed by atoms with van der Waals surface area (Å²) in [6.45, 7) is 1.19. The Morgan fingerprint density at radius 2 is 1.71 bits per heavy atom. The molecule has 210 valence electrons. The topological polar surface area (TPSA) is 87.6 Å². The van der Waals surface area contributed by atoms with Gasteiger partial charge in [-0.3, -0.25) is 9.48 Å². The second-order valence-corrected chi connectivity index (χ2v) is 12.8. The maximum atomic E-state index is 14.3. The molecule has 3 heterocycles. The Bertz CT molecular complexity index is 1300. The normalized spacial score (nSPS) is 26.7. The van der Waals surface area contributed by atoms with Crippen molar-refractivity contribution in [2.45, 2.75) is 57.0 Å². The first kappa shape index (κ1) is 26.8. The Kier molecular flexibility index (Phi) is 6.25. The van der Waals surface area contributed by atoms with E-state index in [0.717, 1.165) is 57.1 Å². The molecule has 13 heteroatoms. The lowest BCUT2D eigenvalue weighted by Crippen LogP contribution is -2.47. The highest BCUT2D eigenvalue weighted by Gasteiger charge is 2.70. The third-order valence-electron chi connectivity index (χ3n) is 7.76. The van der Waals surface area contributed by atoms with Crippen LogP contribution in [0.4, 0.5) is 30.8 Å². The van der Waals surface area contributed by atoms with Gasteiger partial charge >= 0.3 is 10.2 Å². The highest BCUT2D eigenvalue weighted by molar-refractivity contribution is 8.48. The van der Waals surface area contributed by atoms with Gasteiger partial charge in [0.1, 0.15) is 6.04 Å². The number of amides is 1. The highest BCUT2D eigenvalue weighted by Crippen LogP contribution is 3.02. The first-order chi connectivity index (χ1) is 17.7. The van der Waals surface area contributed by atoms with Crippen LogP contribution in [0.5, 0.6) is 0 Å². The molecule has 1 unspecified atom stereocenters. The molecule has 1 aliphatic carbocycles. The van der Waals surface area contributed by atoms with Crippen molar-refractivity contribution in [3.05, 3.63) is 41.6 Å². The van der Waals surface area contributed by atoms with Gasteiger partial charge in [-0.2, -0.15) is 5.10 Å². The number of halogens is 5. The monoisotopic (exact) mass is 561 g/mol. The van der Waals surface area contributed by atoms with Gasteiger partial charge in [-0.25, -0.2) is 0 Å². The Balaban J connectivity index is 1.66. The number of rotatable bonds is 6. The van der Waals surface area contributed by atoms with E-state index in [1.807, 2.05) is 4.90 Å². The van der Waals surface area contributed by atoms with Gasteiger partial charge in [0.15, 0.2) is 5.03 Å². The lowest BCUT2D eigenvalue weighted by atomic mass is 9.87. The van der Waals surface area contributed by atoms with Crippen molar-refractivity contribution in [3.63, 3.8) is 0 Å². The molecule has 0 spiro atoms. The number of allylic oxidation sites excluding steroid dienone is 2. The average Bonchev–Trinajstić information content (AvgIpc) is 3.30. The molecule has 5 rings (SSSR count). The standard InChI is InChI=1S/C25H32F5N5O2S/c26-38(27,28,29,30)24-6-4-5-21(25(31)37)35(24)23-13-18-15-34(19-9-7-17(16-36)8-10-19)32-20(18)14-22(23)33-11-2-1-3-12-33/h4-6,13-15,17,19,21,36H,1-3,7-12,16H2,(H2,31,37). The number of aliphatic hydroxyl groups excluding tert-OH is 1. The summed E-state index contributed by atoms with van der Waals surface area (Å²) in [6.07, 6.45) is 9.73. The van der Waals surface area contributed by atoms with Crippen LogP contribution in [-0.4, -0.2) is 46.5 Å². The van der Waals surface area contributed by atoms with Crippen molar-refractivity contribution in [2.75, 3.05) is 29.5 Å². The van der Waals surface area contributed by atoms with Gasteiger partial charge in [0.05, 0.1) is 22.9 Å². The number of hydrogen-bond donors (Lipinski definition) is 2. The molecule has 7 nitrogen and oxygen atoms in total. The number of benzene rings is 1. The van der Waals surface area contributed by atoms with Gasteiger partial charge < -0.3 is 20.6 Å². The zero-order chi connectivity index (χ0) is 27.4. The number of nitrogens with two attached hydrogens (primary N) is 1. The van der Waals surface area contributed by atoms with Crippen LogP contribution < -0.4 is 15.5 Å². The number of primary amides is 1. The molecule has 0 radical (unpaired) electrons. The van der Waals surface area contributed by atoms with Crippen LogP contribution in [0.3, 0.4) is 0 Å². The lowest BCUT2D eigenvalue weighted by molar-refractivity contribution is -0.118. The molecule has 0 bridgehead atoms. The number of carbonyl (C=O) groups is 1. The summed E-state index contributed by atoms with van der Waals surface area (Å²) in [4.78, 5) is 14.5. The summed E-state index contributed by atoms with van der Waals surface area (Å²) in [7, 11) is -10.2. The zero-order valence-electron chi connectivity index (χ0n) is 20.8. The molecule has 1 aromatic heterocycles. The quantitative estimate of drug-likeness (QED) is 0.415. The zero-order valence-corrected chi connectivity index (χ0v) is 21.6. The molecular weight excluding hydrogens is 529 g/mol. The van der Waals surface area contributed by atoms with Crippen LogP contribution in [0.1, 0.15) is 51.0 Å². The predicted molar refractivity (Wildman–Crippen MR) is 140 cm³/mol. The molecule has 1 amide bonds. The Morgan fingerprint density at radius 3 is 2.32 bits per heavy atom. The minimum atomic E-state index is -10.2. The van der Waals surface area contributed by atoms with Gasteiger partial charge in [0, 0.05) is 31.3 Å². The second kappa shape index (κ2) is 8.87. The molecule has 2 aliphatic heterocycles. The van der Waals surface area contributed by atoms with Crippen molar-refractivity contribution >= 4 is 38.4 Å². The number of hydrogen-bond acceptors (Lipinski definition) is 5. The van der Waals surface area contributed by atoms with E-state index >= 15 is 0 Å². The minimum absolute atomic E-state index is 0.0588. The smallest absolute Gasteiger partial charge is 0.324 e. The summed E-state index contributed by atoms with van der Waals surface area (Å²) in [6, 6.07) is 1.35. The number of carbonyl (C=O) groups excluding carboxylic acids is 1. The van der Waals surface area contributed by atoms with Gasteiger partial charge in [-0.1, -0.05) is 31.6 Å².